The summed E-state index contributed by atoms with van der Waals surface area (Å²) in [5, 5.41) is 3.30. The number of ether oxygens (including phenoxy) is 1. The fraction of sp³-hybridized carbons (Fsp3) is 0.130. The maximum absolute atomic E-state index is 12.8. The maximum Gasteiger partial charge on any atom is 0.338 e. The molecular weight excluding hydrogens is 561 g/mol. The van der Waals surface area contributed by atoms with Crippen LogP contribution in [0.2, 0.25) is 5.02 Å². The van der Waals surface area contributed by atoms with Gasteiger partial charge < -0.3 is 9.64 Å². The van der Waals surface area contributed by atoms with Gasteiger partial charge in [0.05, 0.1) is 29.3 Å². The Labute approximate surface area is 210 Å². The molecule has 0 unspecified atom stereocenters. The van der Waals surface area contributed by atoms with Gasteiger partial charge in [0.25, 0.3) is 5.91 Å². The lowest BCUT2D eigenvalue weighted by Gasteiger charge is -2.26. The Kier molecular flexibility index (Phi) is 8.54. The minimum atomic E-state index is -0.401. The first-order valence-corrected chi connectivity index (χ1v) is 11.5. The van der Waals surface area contributed by atoms with E-state index in [0.29, 0.717) is 35.0 Å². The zero-order valence-electron chi connectivity index (χ0n) is 17.0. The highest BCUT2D eigenvalue weighted by molar-refractivity contribution is 14.1. The molecule has 0 spiro atoms. The van der Waals surface area contributed by atoms with E-state index < -0.39 is 11.9 Å². The standard InChI is InChI=1S/C23H19ClIN3O3S/c1-2-31-22(30)16-3-6-18(7-4-16)28(14-15-9-11-26-12-10-15)23(32)27-21(29)19-13-17(25)5-8-20(19)24/h3-13H,2,14H2,1H3,(H,27,29,32). The van der Waals surface area contributed by atoms with Crippen molar-refractivity contribution in [3.8, 4) is 0 Å². The lowest BCUT2D eigenvalue weighted by Crippen LogP contribution is -2.42. The number of benzene rings is 2. The van der Waals surface area contributed by atoms with Gasteiger partial charge in [0.2, 0.25) is 0 Å². The van der Waals surface area contributed by atoms with E-state index in [2.05, 4.69) is 32.9 Å². The topological polar surface area (TPSA) is 71.5 Å². The lowest BCUT2D eigenvalue weighted by atomic mass is 10.1. The molecule has 0 atom stereocenters. The van der Waals surface area contributed by atoms with Gasteiger partial charge in [0.15, 0.2) is 5.11 Å². The summed E-state index contributed by atoms with van der Waals surface area (Å²) in [5.41, 5.74) is 2.41. The quantitative estimate of drug-likeness (QED) is 0.245. The number of hydrogen-bond donors (Lipinski definition) is 1. The fourth-order valence-corrected chi connectivity index (χ4v) is 3.80. The number of carbonyl (C=O) groups excluding carboxylic acids is 2. The summed E-state index contributed by atoms with van der Waals surface area (Å²) in [4.78, 5) is 30.6. The molecule has 0 bridgehead atoms. The molecule has 0 saturated carbocycles. The van der Waals surface area contributed by atoms with Crippen LogP contribution in [0.3, 0.4) is 0 Å². The first-order chi connectivity index (χ1) is 15.4. The van der Waals surface area contributed by atoms with E-state index in [4.69, 9.17) is 28.6 Å². The van der Waals surface area contributed by atoms with Crippen molar-refractivity contribution in [3.05, 3.63) is 92.3 Å². The molecular formula is C23H19ClIN3O3S. The second kappa shape index (κ2) is 11.3. The molecule has 32 heavy (non-hydrogen) atoms. The molecule has 6 nitrogen and oxygen atoms in total. The van der Waals surface area contributed by atoms with Gasteiger partial charge in [-0.25, -0.2) is 4.79 Å². The highest BCUT2D eigenvalue weighted by atomic mass is 127. The normalized spacial score (nSPS) is 10.3. The van der Waals surface area contributed by atoms with Gasteiger partial charge in [-0.2, -0.15) is 0 Å². The molecule has 3 aromatic rings. The highest BCUT2D eigenvalue weighted by Crippen LogP contribution is 2.21. The Morgan fingerprint density at radius 1 is 1.12 bits per heavy atom. The number of halogens is 2. The smallest absolute Gasteiger partial charge is 0.338 e. The fourth-order valence-electron chi connectivity index (χ4n) is 2.85. The first-order valence-electron chi connectivity index (χ1n) is 9.63. The summed E-state index contributed by atoms with van der Waals surface area (Å²) >= 11 is 13.9. The van der Waals surface area contributed by atoms with Gasteiger partial charge in [-0.15, -0.1) is 0 Å². The molecule has 1 N–H and O–H groups in total. The van der Waals surface area contributed by atoms with Crippen molar-refractivity contribution in [3.63, 3.8) is 0 Å². The van der Waals surface area contributed by atoms with Gasteiger partial charge in [-0.3, -0.25) is 15.1 Å². The average molecular weight is 580 g/mol. The van der Waals surface area contributed by atoms with Crippen molar-refractivity contribution >= 4 is 69.1 Å². The van der Waals surface area contributed by atoms with Crippen LogP contribution in [0.5, 0.6) is 0 Å². The number of aromatic nitrogens is 1. The van der Waals surface area contributed by atoms with E-state index in [9.17, 15) is 9.59 Å². The third kappa shape index (κ3) is 6.24. The number of pyridine rings is 1. The second-order valence-corrected chi connectivity index (χ2v) is 8.63. The van der Waals surface area contributed by atoms with E-state index in [1.807, 2.05) is 18.2 Å². The van der Waals surface area contributed by atoms with E-state index in [-0.39, 0.29) is 5.11 Å². The van der Waals surface area contributed by atoms with Crippen molar-refractivity contribution < 1.29 is 14.3 Å². The van der Waals surface area contributed by atoms with Crippen LogP contribution in [-0.4, -0.2) is 28.6 Å². The highest BCUT2D eigenvalue weighted by Gasteiger charge is 2.19. The van der Waals surface area contributed by atoms with Crippen LogP contribution in [-0.2, 0) is 11.3 Å². The molecule has 0 aliphatic rings. The summed E-state index contributed by atoms with van der Waals surface area (Å²) in [6, 6.07) is 15.7. The van der Waals surface area contributed by atoms with Crippen LogP contribution in [0.4, 0.5) is 5.69 Å². The Morgan fingerprint density at radius 3 is 2.47 bits per heavy atom. The molecule has 164 valence electrons. The third-order valence-corrected chi connectivity index (χ3v) is 5.74. The molecule has 0 aliphatic heterocycles. The molecule has 0 saturated heterocycles. The molecule has 1 aromatic heterocycles. The number of thiocarbonyl (C=S) groups is 1. The molecule has 0 aliphatic carbocycles. The van der Waals surface area contributed by atoms with Crippen LogP contribution < -0.4 is 10.2 Å². The summed E-state index contributed by atoms with van der Waals surface area (Å²) in [5.74, 6) is -0.801. The zero-order chi connectivity index (χ0) is 23.1. The third-order valence-electron chi connectivity index (χ3n) is 4.42. The van der Waals surface area contributed by atoms with Crippen molar-refractivity contribution in [2.75, 3.05) is 11.5 Å². The number of esters is 1. The number of rotatable bonds is 6. The monoisotopic (exact) mass is 579 g/mol. The summed E-state index contributed by atoms with van der Waals surface area (Å²) in [6.07, 6.45) is 3.37. The lowest BCUT2D eigenvalue weighted by molar-refractivity contribution is 0.0526. The number of amides is 1. The molecule has 1 amide bonds. The SMILES string of the molecule is CCOC(=O)c1ccc(N(Cc2ccncc2)C(=S)NC(=O)c2cc(I)ccc2Cl)cc1. The Balaban J connectivity index is 1.87. The van der Waals surface area contributed by atoms with Gasteiger partial charge in [-0.05, 0) is 102 Å². The summed E-state index contributed by atoms with van der Waals surface area (Å²) in [7, 11) is 0. The van der Waals surface area contributed by atoms with Gasteiger partial charge in [0.1, 0.15) is 0 Å². The van der Waals surface area contributed by atoms with Crippen molar-refractivity contribution in [2.45, 2.75) is 13.5 Å². The maximum atomic E-state index is 12.8. The van der Waals surface area contributed by atoms with E-state index in [1.54, 1.807) is 60.6 Å². The number of nitrogens with zero attached hydrogens (tertiary/aromatic N) is 2. The largest absolute Gasteiger partial charge is 0.462 e. The Morgan fingerprint density at radius 2 is 1.81 bits per heavy atom. The molecule has 0 fully saturated rings. The molecule has 9 heteroatoms. The van der Waals surface area contributed by atoms with Crippen molar-refractivity contribution in [1.82, 2.24) is 10.3 Å². The predicted octanol–water partition coefficient (Wildman–Crippen LogP) is 5.24. The van der Waals surface area contributed by atoms with Gasteiger partial charge in [0, 0.05) is 21.7 Å². The number of hydrogen-bond acceptors (Lipinski definition) is 5. The van der Waals surface area contributed by atoms with Crippen molar-refractivity contribution in [1.29, 1.82) is 0 Å². The van der Waals surface area contributed by atoms with Crippen LogP contribution in [0.15, 0.2) is 67.0 Å². The molecule has 2 aromatic carbocycles. The van der Waals surface area contributed by atoms with Crippen LogP contribution in [0.25, 0.3) is 0 Å². The summed E-state index contributed by atoms with van der Waals surface area (Å²) in [6.45, 7) is 2.44. The number of anilines is 1. The molecule has 1 heterocycles. The molecule has 3 rings (SSSR count). The van der Waals surface area contributed by atoms with E-state index in [0.717, 1.165) is 9.13 Å². The minimum absolute atomic E-state index is 0.200. The van der Waals surface area contributed by atoms with Crippen LogP contribution in [0, 0.1) is 3.57 Å². The molecule has 0 radical (unpaired) electrons. The van der Waals surface area contributed by atoms with Crippen molar-refractivity contribution in [2.24, 2.45) is 0 Å². The Bertz CT molecular complexity index is 1130. The Hall–Kier alpha value is -2.56. The second-order valence-electron chi connectivity index (χ2n) is 6.59. The first kappa shape index (κ1) is 24.1. The van der Waals surface area contributed by atoms with Gasteiger partial charge in [-0.1, -0.05) is 11.6 Å². The van der Waals surface area contributed by atoms with E-state index >= 15 is 0 Å². The van der Waals surface area contributed by atoms with Gasteiger partial charge >= 0.3 is 5.97 Å². The van der Waals surface area contributed by atoms with Crippen LogP contribution >= 0.6 is 46.4 Å². The van der Waals surface area contributed by atoms with E-state index in [1.165, 1.54) is 0 Å². The minimum Gasteiger partial charge on any atom is -0.462 e. The zero-order valence-corrected chi connectivity index (χ0v) is 20.8. The number of nitrogens with one attached hydrogen (secondary N) is 1. The number of carbonyl (C=O) groups is 2. The predicted molar refractivity (Wildman–Crippen MR) is 137 cm³/mol. The van der Waals surface area contributed by atoms with Crippen LogP contribution in [0.1, 0.15) is 33.2 Å². The average Bonchev–Trinajstić information content (AvgIpc) is 2.80. The summed E-state index contributed by atoms with van der Waals surface area (Å²) < 4.78 is 5.92.